The van der Waals surface area contributed by atoms with E-state index in [4.69, 9.17) is 5.73 Å². The largest absolute Gasteiger partial charge is 0.399 e. The predicted octanol–water partition coefficient (Wildman–Crippen LogP) is 3.30. The Kier molecular flexibility index (Phi) is 3.29. The Hall–Kier alpha value is -1.29. The van der Waals surface area contributed by atoms with Crippen molar-refractivity contribution in [1.82, 2.24) is 9.78 Å². The van der Waals surface area contributed by atoms with Gasteiger partial charge in [0.15, 0.2) is 0 Å². The molecule has 0 spiro atoms. The Morgan fingerprint density at radius 2 is 2.25 bits per heavy atom. The van der Waals surface area contributed by atoms with Crippen LogP contribution in [0.5, 0.6) is 0 Å². The van der Waals surface area contributed by atoms with E-state index in [0.717, 1.165) is 34.4 Å². The maximum atomic E-state index is 5.79. The minimum absolute atomic E-state index is 0.772. The molecule has 2 N–H and O–H groups in total. The van der Waals surface area contributed by atoms with Gasteiger partial charge in [-0.1, -0.05) is 19.1 Å². The molecule has 16 heavy (non-hydrogen) atoms. The van der Waals surface area contributed by atoms with Crippen molar-refractivity contribution in [3.05, 3.63) is 34.9 Å². The molecule has 0 bridgehead atoms. The molecule has 0 amide bonds. The number of hydrogen-bond acceptors (Lipinski definition) is 2. The molecule has 1 heterocycles. The topological polar surface area (TPSA) is 43.8 Å². The normalized spacial score (nSPS) is 10.6. The van der Waals surface area contributed by atoms with E-state index >= 15 is 0 Å². The van der Waals surface area contributed by atoms with Gasteiger partial charge in [-0.05, 0) is 34.5 Å². The number of aryl methyl sites for hydroxylation is 1. The number of anilines is 1. The van der Waals surface area contributed by atoms with Crippen molar-refractivity contribution in [3.8, 4) is 11.3 Å². The van der Waals surface area contributed by atoms with Crippen molar-refractivity contribution in [1.29, 1.82) is 0 Å². The van der Waals surface area contributed by atoms with Crippen LogP contribution in [0.25, 0.3) is 11.3 Å². The average molecular weight is 280 g/mol. The van der Waals surface area contributed by atoms with E-state index in [2.05, 4.69) is 28.0 Å². The number of benzene rings is 1. The summed E-state index contributed by atoms with van der Waals surface area (Å²) in [5.74, 6) is 0. The zero-order chi connectivity index (χ0) is 11.5. The second-order valence-electron chi connectivity index (χ2n) is 3.69. The van der Waals surface area contributed by atoms with Gasteiger partial charge in [0.1, 0.15) is 0 Å². The third kappa shape index (κ3) is 2.11. The Labute approximate surface area is 103 Å². The lowest BCUT2D eigenvalue weighted by atomic mass is 10.1. The molecule has 0 saturated carbocycles. The Morgan fingerprint density at radius 3 is 2.94 bits per heavy atom. The van der Waals surface area contributed by atoms with Gasteiger partial charge in [0.25, 0.3) is 0 Å². The van der Waals surface area contributed by atoms with E-state index in [-0.39, 0.29) is 0 Å². The van der Waals surface area contributed by atoms with Crippen LogP contribution in [0.2, 0.25) is 0 Å². The highest BCUT2D eigenvalue weighted by Crippen LogP contribution is 2.29. The summed E-state index contributed by atoms with van der Waals surface area (Å²) in [5.41, 5.74) is 8.75. The fourth-order valence-corrected chi connectivity index (χ4v) is 2.24. The van der Waals surface area contributed by atoms with Gasteiger partial charge in [0.05, 0.1) is 16.4 Å². The van der Waals surface area contributed by atoms with E-state index in [0.29, 0.717) is 0 Å². The maximum absolute atomic E-state index is 5.79. The minimum Gasteiger partial charge on any atom is -0.399 e. The maximum Gasteiger partial charge on any atom is 0.0825 e. The molecular weight excluding hydrogens is 266 g/mol. The summed E-state index contributed by atoms with van der Waals surface area (Å²) in [5, 5.41) is 4.34. The summed E-state index contributed by atoms with van der Waals surface area (Å²) in [6.07, 6.45) is 2.89. The van der Waals surface area contributed by atoms with Gasteiger partial charge < -0.3 is 5.73 Å². The van der Waals surface area contributed by atoms with Crippen LogP contribution in [-0.4, -0.2) is 9.78 Å². The summed E-state index contributed by atoms with van der Waals surface area (Å²) < 4.78 is 3.00. The van der Waals surface area contributed by atoms with Crippen molar-refractivity contribution in [2.75, 3.05) is 5.73 Å². The smallest absolute Gasteiger partial charge is 0.0825 e. The molecule has 84 valence electrons. The third-order valence-corrected chi connectivity index (χ3v) is 2.97. The lowest BCUT2D eigenvalue weighted by Gasteiger charge is -2.07. The van der Waals surface area contributed by atoms with Crippen LogP contribution in [0.15, 0.2) is 34.9 Å². The van der Waals surface area contributed by atoms with Gasteiger partial charge in [0, 0.05) is 17.8 Å². The van der Waals surface area contributed by atoms with Gasteiger partial charge in [-0.25, -0.2) is 0 Å². The summed E-state index contributed by atoms with van der Waals surface area (Å²) in [4.78, 5) is 0. The van der Waals surface area contributed by atoms with Crippen molar-refractivity contribution in [2.24, 2.45) is 0 Å². The van der Waals surface area contributed by atoms with Crippen LogP contribution in [0.4, 0.5) is 5.69 Å². The molecule has 2 rings (SSSR count). The molecule has 4 heteroatoms. The van der Waals surface area contributed by atoms with E-state index < -0.39 is 0 Å². The molecule has 0 aliphatic heterocycles. The SMILES string of the molecule is CCCn1ncc(Br)c1-c1cccc(N)c1. The van der Waals surface area contributed by atoms with E-state index in [1.807, 2.05) is 35.1 Å². The van der Waals surface area contributed by atoms with Crippen molar-refractivity contribution < 1.29 is 0 Å². The van der Waals surface area contributed by atoms with Crippen LogP contribution in [-0.2, 0) is 6.54 Å². The first-order valence-corrected chi connectivity index (χ1v) is 6.09. The molecule has 0 saturated heterocycles. The molecule has 2 aromatic rings. The van der Waals surface area contributed by atoms with Crippen LogP contribution in [0.3, 0.4) is 0 Å². The molecule has 0 radical (unpaired) electrons. The van der Waals surface area contributed by atoms with Crippen LogP contribution in [0, 0.1) is 0 Å². The molecule has 1 aromatic heterocycles. The number of nitrogens with zero attached hydrogens (tertiary/aromatic N) is 2. The summed E-state index contributed by atoms with van der Waals surface area (Å²) in [7, 11) is 0. The molecule has 0 atom stereocenters. The minimum atomic E-state index is 0.772. The molecule has 1 aromatic carbocycles. The zero-order valence-electron chi connectivity index (χ0n) is 9.15. The molecule has 0 unspecified atom stereocenters. The monoisotopic (exact) mass is 279 g/mol. The lowest BCUT2D eigenvalue weighted by Crippen LogP contribution is -2.01. The highest BCUT2D eigenvalue weighted by atomic mass is 79.9. The van der Waals surface area contributed by atoms with Crippen molar-refractivity contribution >= 4 is 21.6 Å². The van der Waals surface area contributed by atoms with Gasteiger partial charge in [-0.3, -0.25) is 4.68 Å². The van der Waals surface area contributed by atoms with Crippen LogP contribution < -0.4 is 5.73 Å². The number of nitrogens with two attached hydrogens (primary N) is 1. The van der Waals surface area contributed by atoms with Crippen LogP contribution >= 0.6 is 15.9 Å². The van der Waals surface area contributed by atoms with Gasteiger partial charge in [0.2, 0.25) is 0 Å². The molecule has 0 fully saturated rings. The first-order valence-electron chi connectivity index (χ1n) is 5.29. The summed E-state index contributed by atoms with van der Waals surface area (Å²) >= 11 is 3.52. The second-order valence-corrected chi connectivity index (χ2v) is 4.54. The first-order chi connectivity index (χ1) is 7.72. The molecule has 3 nitrogen and oxygen atoms in total. The Balaban J connectivity index is 2.50. The van der Waals surface area contributed by atoms with Crippen LogP contribution in [0.1, 0.15) is 13.3 Å². The van der Waals surface area contributed by atoms with Crippen molar-refractivity contribution in [3.63, 3.8) is 0 Å². The molecular formula is C12H14BrN3. The second kappa shape index (κ2) is 4.70. The standard InChI is InChI=1S/C12H14BrN3/c1-2-6-16-12(11(13)8-15-16)9-4-3-5-10(14)7-9/h3-5,7-8H,2,6,14H2,1H3. The fraction of sp³-hybridized carbons (Fsp3) is 0.250. The molecule has 0 aliphatic rings. The van der Waals surface area contributed by atoms with E-state index in [1.54, 1.807) is 0 Å². The number of halogens is 1. The number of hydrogen-bond donors (Lipinski definition) is 1. The summed E-state index contributed by atoms with van der Waals surface area (Å²) in [6.45, 7) is 3.05. The third-order valence-electron chi connectivity index (χ3n) is 2.39. The fourth-order valence-electron chi connectivity index (χ4n) is 1.72. The number of rotatable bonds is 3. The predicted molar refractivity (Wildman–Crippen MR) is 70.1 cm³/mol. The quantitative estimate of drug-likeness (QED) is 0.877. The van der Waals surface area contributed by atoms with Gasteiger partial charge >= 0.3 is 0 Å². The first kappa shape index (κ1) is 11.2. The van der Waals surface area contributed by atoms with E-state index in [9.17, 15) is 0 Å². The highest BCUT2D eigenvalue weighted by Gasteiger charge is 2.10. The average Bonchev–Trinajstić information content (AvgIpc) is 2.60. The van der Waals surface area contributed by atoms with E-state index in [1.165, 1.54) is 0 Å². The zero-order valence-corrected chi connectivity index (χ0v) is 10.7. The van der Waals surface area contributed by atoms with Crippen molar-refractivity contribution in [2.45, 2.75) is 19.9 Å². The Morgan fingerprint density at radius 1 is 1.44 bits per heavy atom. The van der Waals surface area contributed by atoms with Gasteiger partial charge in [-0.15, -0.1) is 0 Å². The molecule has 0 aliphatic carbocycles. The summed E-state index contributed by atoms with van der Waals surface area (Å²) in [6, 6.07) is 7.86. The number of nitrogen functional groups attached to an aromatic ring is 1. The van der Waals surface area contributed by atoms with Gasteiger partial charge in [-0.2, -0.15) is 5.10 Å². The Bertz CT molecular complexity index is 491. The number of aromatic nitrogens is 2. The highest BCUT2D eigenvalue weighted by molar-refractivity contribution is 9.10. The lowest BCUT2D eigenvalue weighted by molar-refractivity contribution is 0.609.